The zero-order valence-electron chi connectivity index (χ0n) is 19.2. The van der Waals surface area contributed by atoms with Crippen LogP contribution in [-0.4, -0.2) is 27.7 Å². The fourth-order valence-electron chi connectivity index (χ4n) is 3.39. The quantitative estimate of drug-likeness (QED) is 0.376. The summed E-state index contributed by atoms with van der Waals surface area (Å²) in [6, 6.07) is 17.7. The van der Waals surface area contributed by atoms with Crippen LogP contribution in [0.3, 0.4) is 0 Å². The molecule has 0 atom stereocenters. The van der Waals surface area contributed by atoms with E-state index in [0.717, 1.165) is 5.56 Å². The number of aromatic carboxylic acids is 1. The molecule has 4 N–H and O–H groups in total. The van der Waals surface area contributed by atoms with Crippen molar-refractivity contribution in [2.45, 2.75) is 31.2 Å². The normalized spacial score (nSPS) is 10.4. The summed E-state index contributed by atoms with van der Waals surface area (Å²) in [7, 11) is 0. The van der Waals surface area contributed by atoms with Crippen LogP contribution in [0, 0.1) is 22.7 Å². The van der Waals surface area contributed by atoms with Crippen LogP contribution in [0.2, 0.25) is 0 Å². The highest BCUT2D eigenvalue weighted by Gasteiger charge is 2.21. The lowest BCUT2D eigenvalue weighted by atomic mass is 9.94. The Labute approximate surface area is 207 Å². The minimum Gasteiger partial charge on any atom is -0.478 e. The van der Waals surface area contributed by atoms with Crippen molar-refractivity contribution in [2.24, 2.45) is 0 Å². The number of pyridine rings is 1. The highest BCUT2D eigenvalue weighted by atomic mass is 32.2. The van der Waals surface area contributed by atoms with Gasteiger partial charge in [0.05, 0.1) is 11.1 Å². The summed E-state index contributed by atoms with van der Waals surface area (Å²) in [6.07, 6.45) is 0.121. The number of nitriles is 2. The zero-order chi connectivity index (χ0) is 25.5. The number of thioether (sulfide) groups is 1. The molecule has 0 aliphatic heterocycles. The Hall–Kier alpha value is -4.34. The second kappa shape index (κ2) is 11.2. The largest absolute Gasteiger partial charge is 0.478 e. The number of nitrogens with one attached hydrogen (secondary N) is 1. The number of carbonyl (C=O) groups excluding carboxylic acids is 1. The molecule has 176 valence electrons. The van der Waals surface area contributed by atoms with Crippen molar-refractivity contribution < 1.29 is 14.7 Å². The topological polar surface area (TPSA) is 153 Å². The first-order chi connectivity index (χ1) is 16.7. The maximum absolute atomic E-state index is 12.3. The molecule has 0 saturated carbocycles. The average Bonchev–Trinajstić information content (AvgIpc) is 2.84. The fraction of sp³-hybridized carbons (Fsp3) is 0.192. The Morgan fingerprint density at radius 1 is 1.06 bits per heavy atom. The molecule has 1 aromatic heterocycles. The third-order valence-corrected chi connectivity index (χ3v) is 6.24. The van der Waals surface area contributed by atoms with Crippen LogP contribution in [0.4, 0.5) is 11.5 Å². The average molecular weight is 486 g/mol. The number of benzene rings is 2. The number of amides is 1. The van der Waals surface area contributed by atoms with E-state index in [0.29, 0.717) is 33.5 Å². The first-order valence-corrected chi connectivity index (χ1v) is 11.7. The molecule has 0 aliphatic rings. The van der Waals surface area contributed by atoms with Crippen LogP contribution < -0.4 is 11.1 Å². The van der Waals surface area contributed by atoms with Crippen molar-refractivity contribution in [1.29, 1.82) is 10.5 Å². The molecule has 0 saturated heterocycles. The lowest BCUT2D eigenvalue weighted by Gasteiger charge is -2.14. The Morgan fingerprint density at radius 2 is 1.69 bits per heavy atom. The van der Waals surface area contributed by atoms with Gasteiger partial charge >= 0.3 is 5.97 Å². The molecule has 9 heteroatoms. The van der Waals surface area contributed by atoms with Gasteiger partial charge in [-0.1, -0.05) is 38.1 Å². The summed E-state index contributed by atoms with van der Waals surface area (Å²) >= 11 is 1.21. The van der Waals surface area contributed by atoms with E-state index in [2.05, 4.69) is 36.3 Å². The summed E-state index contributed by atoms with van der Waals surface area (Å²) in [5.41, 5.74) is 9.31. The summed E-state index contributed by atoms with van der Waals surface area (Å²) in [4.78, 5) is 27.5. The number of nitrogens with zero attached hydrogens (tertiary/aromatic N) is 3. The number of nitrogen functional groups attached to an aromatic ring is 1. The van der Waals surface area contributed by atoms with Crippen LogP contribution >= 0.6 is 11.8 Å². The van der Waals surface area contributed by atoms with Crippen molar-refractivity contribution in [3.8, 4) is 23.3 Å². The molecule has 8 nitrogen and oxygen atoms in total. The number of carboxylic acid groups (broad SMARTS) is 1. The molecular weight excluding hydrogens is 462 g/mol. The van der Waals surface area contributed by atoms with E-state index >= 15 is 0 Å². The van der Waals surface area contributed by atoms with Gasteiger partial charge in [-0.05, 0) is 41.3 Å². The van der Waals surface area contributed by atoms with E-state index < -0.39 is 5.97 Å². The highest BCUT2D eigenvalue weighted by molar-refractivity contribution is 7.99. The summed E-state index contributed by atoms with van der Waals surface area (Å²) in [5, 5.41) is 31.6. The summed E-state index contributed by atoms with van der Waals surface area (Å²) < 4.78 is 0. The SMILES string of the molecule is CC(C)c1ccc(-c2c(C#N)c(N)nc(SCCC(=O)Nc3ccc(C(=O)O)cc3)c2C#N)cc1. The van der Waals surface area contributed by atoms with Gasteiger partial charge in [0.2, 0.25) is 5.91 Å². The number of anilines is 2. The minimum absolute atomic E-state index is 0.0277. The molecule has 0 bridgehead atoms. The van der Waals surface area contributed by atoms with E-state index in [1.54, 1.807) is 0 Å². The van der Waals surface area contributed by atoms with Crippen molar-refractivity contribution in [2.75, 3.05) is 16.8 Å². The summed E-state index contributed by atoms with van der Waals surface area (Å²) in [5.74, 6) is -0.635. The second-order valence-corrected chi connectivity index (χ2v) is 9.04. The van der Waals surface area contributed by atoms with Gasteiger partial charge in [-0.15, -0.1) is 11.8 Å². The number of rotatable bonds is 8. The molecule has 0 spiro atoms. The molecule has 1 heterocycles. The molecule has 3 aromatic rings. The van der Waals surface area contributed by atoms with Crippen LogP contribution in [0.1, 0.15) is 53.2 Å². The van der Waals surface area contributed by atoms with Gasteiger partial charge in [-0.2, -0.15) is 10.5 Å². The Bertz CT molecular complexity index is 1340. The van der Waals surface area contributed by atoms with Crippen LogP contribution in [-0.2, 0) is 4.79 Å². The molecule has 2 aromatic carbocycles. The molecule has 0 aliphatic carbocycles. The second-order valence-electron chi connectivity index (χ2n) is 7.96. The highest BCUT2D eigenvalue weighted by Crippen LogP contribution is 2.36. The summed E-state index contributed by atoms with van der Waals surface area (Å²) in [6.45, 7) is 4.16. The smallest absolute Gasteiger partial charge is 0.335 e. The van der Waals surface area contributed by atoms with Crippen molar-refractivity contribution in [3.05, 3.63) is 70.8 Å². The van der Waals surface area contributed by atoms with Gasteiger partial charge in [0.25, 0.3) is 0 Å². The Kier molecular flexibility index (Phi) is 8.08. The number of carbonyl (C=O) groups is 2. The van der Waals surface area contributed by atoms with E-state index in [1.807, 2.05) is 24.3 Å². The van der Waals surface area contributed by atoms with Gasteiger partial charge in [0.15, 0.2) is 0 Å². The van der Waals surface area contributed by atoms with E-state index in [-0.39, 0.29) is 34.8 Å². The van der Waals surface area contributed by atoms with Crippen molar-refractivity contribution in [3.63, 3.8) is 0 Å². The Balaban J connectivity index is 1.78. The maximum Gasteiger partial charge on any atom is 0.335 e. The van der Waals surface area contributed by atoms with Crippen LogP contribution in [0.15, 0.2) is 53.6 Å². The number of aromatic nitrogens is 1. The lowest BCUT2D eigenvalue weighted by molar-refractivity contribution is -0.115. The van der Waals surface area contributed by atoms with E-state index in [1.165, 1.54) is 36.0 Å². The zero-order valence-corrected chi connectivity index (χ0v) is 20.0. The minimum atomic E-state index is -1.04. The van der Waals surface area contributed by atoms with Gasteiger partial charge < -0.3 is 16.2 Å². The van der Waals surface area contributed by atoms with Gasteiger partial charge in [0, 0.05) is 23.4 Å². The third-order valence-electron chi connectivity index (χ3n) is 5.27. The molecule has 35 heavy (non-hydrogen) atoms. The molecule has 0 unspecified atom stereocenters. The molecular formula is C26H23N5O3S. The van der Waals surface area contributed by atoms with E-state index in [9.17, 15) is 20.1 Å². The first-order valence-electron chi connectivity index (χ1n) is 10.7. The fourth-order valence-corrected chi connectivity index (χ4v) is 4.32. The van der Waals surface area contributed by atoms with E-state index in [4.69, 9.17) is 10.8 Å². The number of nitrogens with two attached hydrogens (primary N) is 1. The predicted molar refractivity (Wildman–Crippen MR) is 135 cm³/mol. The van der Waals surface area contributed by atoms with Gasteiger partial charge in [-0.25, -0.2) is 9.78 Å². The molecule has 0 radical (unpaired) electrons. The predicted octanol–water partition coefficient (Wildman–Crippen LogP) is 5.02. The standard InChI is InChI=1S/C26H23N5O3S/c1-15(2)16-3-5-17(6-4-16)23-20(13-27)24(29)31-25(21(23)14-28)35-12-11-22(32)30-19-9-7-18(8-10-19)26(33)34/h3-10,15H,11-12H2,1-2H3,(H2,29,31)(H,30,32)(H,33,34). The van der Waals surface area contributed by atoms with Crippen molar-refractivity contribution >= 4 is 35.1 Å². The Morgan fingerprint density at radius 3 is 2.23 bits per heavy atom. The molecule has 3 rings (SSSR count). The van der Waals surface area contributed by atoms with Crippen LogP contribution in [0.5, 0.6) is 0 Å². The molecule has 0 fully saturated rings. The van der Waals surface area contributed by atoms with Crippen molar-refractivity contribution in [1.82, 2.24) is 4.98 Å². The monoisotopic (exact) mass is 485 g/mol. The third kappa shape index (κ3) is 5.97. The van der Waals surface area contributed by atoms with Gasteiger partial charge in [-0.3, -0.25) is 4.79 Å². The first kappa shape index (κ1) is 25.3. The number of hydrogen-bond donors (Lipinski definition) is 3. The molecule has 1 amide bonds. The number of carboxylic acids is 1. The maximum atomic E-state index is 12.3. The van der Waals surface area contributed by atoms with Crippen LogP contribution in [0.25, 0.3) is 11.1 Å². The number of hydrogen-bond acceptors (Lipinski definition) is 7. The lowest BCUT2D eigenvalue weighted by Crippen LogP contribution is -2.12. The van der Waals surface area contributed by atoms with Gasteiger partial charge in [0.1, 0.15) is 28.5 Å².